The number of benzene rings is 1. The van der Waals surface area contributed by atoms with Crippen LogP contribution in [0, 0.1) is 6.92 Å². The largest absolute Gasteiger partial charge is 0.381 e. The molecule has 7 heteroatoms. The molecular formula is C22H30N4O3. The Morgan fingerprint density at radius 1 is 1.14 bits per heavy atom. The van der Waals surface area contributed by atoms with E-state index in [1.54, 1.807) is 0 Å². The Hall–Kier alpha value is -2.38. The first-order chi connectivity index (χ1) is 14.1. The van der Waals surface area contributed by atoms with Gasteiger partial charge in [0.05, 0.1) is 5.69 Å². The van der Waals surface area contributed by atoms with Crippen LogP contribution in [0.15, 0.2) is 40.9 Å². The van der Waals surface area contributed by atoms with Crippen LogP contribution in [-0.2, 0) is 16.7 Å². The van der Waals surface area contributed by atoms with E-state index in [1.807, 2.05) is 24.0 Å². The van der Waals surface area contributed by atoms with Gasteiger partial charge in [-0.2, -0.15) is 0 Å². The molecule has 0 atom stereocenters. The zero-order valence-electron chi connectivity index (χ0n) is 17.1. The highest BCUT2D eigenvalue weighted by molar-refractivity contribution is 5.74. The highest BCUT2D eigenvalue weighted by Crippen LogP contribution is 2.34. The van der Waals surface area contributed by atoms with Crippen LogP contribution in [0.2, 0.25) is 0 Å². The highest BCUT2D eigenvalue weighted by atomic mass is 16.5. The summed E-state index contributed by atoms with van der Waals surface area (Å²) in [5, 5.41) is 7.28. The predicted molar refractivity (Wildman–Crippen MR) is 110 cm³/mol. The second-order valence-electron chi connectivity index (χ2n) is 8.11. The minimum absolute atomic E-state index is 0.0312. The van der Waals surface area contributed by atoms with Crippen LogP contribution in [0.3, 0.4) is 0 Å². The molecule has 3 heterocycles. The Labute approximate surface area is 172 Å². The van der Waals surface area contributed by atoms with Crippen LogP contribution in [0.25, 0.3) is 0 Å². The first-order valence-electron chi connectivity index (χ1n) is 10.5. The molecule has 2 fully saturated rings. The zero-order valence-corrected chi connectivity index (χ0v) is 17.1. The van der Waals surface area contributed by atoms with Crippen molar-refractivity contribution in [2.24, 2.45) is 0 Å². The number of nitrogens with one attached hydrogen (secondary N) is 1. The van der Waals surface area contributed by atoms with Crippen molar-refractivity contribution in [1.82, 2.24) is 20.3 Å². The van der Waals surface area contributed by atoms with Gasteiger partial charge in [0.2, 0.25) is 0 Å². The smallest absolute Gasteiger partial charge is 0.317 e. The Kier molecular flexibility index (Phi) is 6.16. The molecule has 0 bridgehead atoms. The molecule has 156 valence electrons. The third-order valence-electron chi connectivity index (χ3n) is 6.14. The Morgan fingerprint density at radius 3 is 2.52 bits per heavy atom. The molecular weight excluding hydrogens is 368 g/mol. The predicted octanol–water partition coefficient (Wildman–Crippen LogP) is 2.56. The van der Waals surface area contributed by atoms with E-state index >= 15 is 0 Å². The summed E-state index contributed by atoms with van der Waals surface area (Å²) >= 11 is 0. The van der Waals surface area contributed by atoms with Crippen LogP contribution >= 0.6 is 0 Å². The third-order valence-corrected chi connectivity index (χ3v) is 6.14. The fourth-order valence-corrected chi connectivity index (χ4v) is 4.31. The quantitative estimate of drug-likeness (QED) is 0.838. The van der Waals surface area contributed by atoms with E-state index in [4.69, 9.17) is 9.26 Å². The van der Waals surface area contributed by atoms with Crippen molar-refractivity contribution >= 4 is 6.03 Å². The van der Waals surface area contributed by atoms with E-state index in [0.29, 0.717) is 6.54 Å². The molecule has 29 heavy (non-hydrogen) atoms. The molecule has 0 unspecified atom stereocenters. The van der Waals surface area contributed by atoms with Crippen molar-refractivity contribution in [2.75, 3.05) is 45.9 Å². The number of aromatic nitrogens is 1. The molecule has 2 saturated heterocycles. The summed E-state index contributed by atoms with van der Waals surface area (Å²) in [6.45, 7) is 7.94. The zero-order chi connectivity index (χ0) is 20.1. The Balaban J connectivity index is 1.30. The number of nitrogens with zero attached hydrogens (tertiary/aromatic N) is 3. The molecule has 1 aromatic heterocycles. The fourth-order valence-electron chi connectivity index (χ4n) is 4.31. The van der Waals surface area contributed by atoms with Gasteiger partial charge in [-0.05, 0) is 25.3 Å². The number of hydrogen-bond acceptors (Lipinski definition) is 5. The molecule has 4 rings (SSSR count). The first kappa shape index (κ1) is 19.9. The van der Waals surface area contributed by atoms with Gasteiger partial charge in [-0.25, -0.2) is 4.79 Å². The van der Waals surface area contributed by atoms with Gasteiger partial charge >= 0.3 is 6.03 Å². The molecule has 0 aliphatic carbocycles. The van der Waals surface area contributed by atoms with Crippen molar-refractivity contribution in [1.29, 1.82) is 0 Å². The maximum absolute atomic E-state index is 12.8. The first-order valence-corrected chi connectivity index (χ1v) is 10.5. The van der Waals surface area contributed by atoms with Gasteiger partial charge in [-0.1, -0.05) is 35.5 Å². The van der Waals surface area contributed by atoms with Gasteiger partial charge in [0.1, 0.15) is 5.76 Å². The number of amides is 2. The number of urea groups is 1. The maximum Gasteiger partial charge on any atom is 0.317 e. The summed E-state index contributed by atoms with van der Waals surface area (Å²) in [7, 11) is 0. The van der Waals surface area contributed by atoms with Crippen molar-refractivity contribution in [3.05, 3.63) is 53.4 Å². The number of hydrogen-bond donors (Lipinski definition) is 1. The SMILES string of the molecule is Cc1cc(CN2CCN(C(=O)NCC3(c4ccccc4)CCOCC3)CC2)no1. The topological polar surface area (TPSA) is 70.8 Å². The average Bonchev–Trinajstić information content (AvgIpc) is 3.18. The minimum atomic E-state index is -0.0399. The average molecular weight is 399 g/mol. The van der Waals surface area contributed by atoms with E-state index < -0.39 is 0 Å². The third kappa shape index (κ3) is 4.79. The van der Waals surface area contributed by atoms with E-state index in [-0.39, 0.29) is 11.4 Å². The molecule has 2 aromatic rings. The molecule has 1 N–H and O–H groups in total. The lowest BCUT2D eigenvalue weighted by molar-refractivity contribution is 0.0496. The van der Waals surface area contributed by atoms with Crippen LogP contribution in [0.4, 0.5) is 4.79 Å². The fraction of sp³-hybridized carbons (Fsp3) is 0.545. The Morgan fingerprint density at radius 2 is 1.86 bits per heavy atom. The standard InChI is InChI=1S/C22H30N4O3/c1-18-15-20(24-29-18)16-25-9-11-26(12-10-25)21(27)23-17-22(7-13-28-14-8-22)19-5-3-2-4-6-19/h2-6,15H,7-14,16-17H2,1H3,(H,23,27). The van der Waals surface area contributed by atoms with Crippen LogP contribution in [0.1, 0.15) is 29.9 Å². The molecule has 0 radical (unpaired) electrons. The van der Waals surface area contributed by atoms with Crippen molar-refractivity contribution < 1.29 is 14.1 Å². The lowest BCUT2D eigenvalue weighted by Gasteiger charge is -2.39. The summed E-state index contributed by atoms with van der Waals surface area (Å²) < 4.78 is 10.7. The van der Waals surface area contributed by atoms with Crippen molar-refractivity contribution in [2.45, 2.75) is 31.7 Å². The summed E-state index contributed by atoms with van der Waals surface area (Å²) in [4.78, 5) is 17.1. The second-order valence-corrected chi connectivity index (χ2v) is 8.11. The number of rotatable bonds is 5. The highest BCUT2D eigenvalue weighted by Gasteiger charge is 2.35. The number of aryl methyl sites for hydroxylation is 1. The van der Waals surface area contributed by atoms with Gasteiger partial charge in [0, 0.05) is 64.0 Å². The van der Waals surface area contributed by atoms with Gasteiger partial charge in [-0.3, -0.25) is 4.90 Å². The normalized spacial score (nSPS) is 19.8. The monoisotopic (exact) mass is 398 g/mol. The van der Waals surface area contributed by atoms with E-state index in [9.17, 15) is 4.79 Å². The summed E-state index contributed by atoms with van der Waals surface area (Å²) in [5.41, 5.74) is 2.20. The van der Waals surface area contributed by atoms with Crippen molar-refractivity contribution in [3.8, 4) is 0 Å². The molecule has 1 aromatic carbocycles. The summed E-state index contributed by atoms with van der Waals surface area (Å²) in [6.07, 6.45) is 1.87. The van der Waals surface area contributed by atoms with Crippen LogP contribution in [0.5, 0.6) is 0 Å². The van der Waals surface area contributed by atoms with Gasteiger partial charge in [0.25, 0.3) is 0 Å². The molecule has 0 spiro atoms. The number of carbonyl (C=O) groups excluding carboxylic acids is 1. The lowest BCUT2D eigenvalue weighted by Crippen LogP contribution is -2.54. The van der Waals surface area contributed by atoms with E-state index in [2.05, 4.69) is 39.6 Å². The van der Waals surface area contributed by atoms with E-state index in [0.717, 1.165) is 70.2 Å². The number of carbonyl (C=O) groups is 1. The molecule has 7 nitrogen and oxygen atoms in total. The minimum Gasteiger partial charge on any atom is -0.381 e. The summed E-state index contributed by atoms with van der Waals surface area (Å²) in [5.74, 6) is 0.832. The maximum atomic E-state index is 12.8. The molecule has 2 aliphatic heterocycles. The van der Waals surface area contributed by atoms with Crippen LogP contribution < -0.4 is 5.32 Å². The van der Waals surface area contributed by atoms with Gasteiger partial charge in [0.15, 0.2) is 0 Å². The Bertz CT molecular complexity index is 793. The number of piperazine rings is 1. The number of ether oxygens (including phenoxy) is 1. The van der Waals surface area contributed by atoms with Crippen LogP contribution in [-0.4, -0.2) is 66.9 Å². The molecule has 0 saturated carbocycles. The van der Waals surface area contributed by atoms with Gasteiger partial charge in [-0.15, -0.1) is 0 Å². The molecule has 2 amide bonds. The van der Waals surface area contributed by atoms with Crippen molar-refractivity contribution in [3.63, 3.8) is 0 Å². The van der Waals surface area contributed by atoms with E-state index in [1.165, 1.54) is 5.56 Å². The lowest BCUT2D eigenvalue weighted by atomic mass is 9.74. The van der Waals surface area contributed by atoms with Gasteiger partial charge < -0.3 is 19.5 Å². The molecule has 2 aliphatic rings. The second kappa shape index (κ2) is 8.97. The summed E-state index contributed by atoms with van der Waals surface area (Å²) in [6, 6.07) is 12.5.